The van der Waals surface area contributed by atoms with Gasteiger partial charge in [0.05, 0.1) is 6.54 Å². The van der Waals surface area contributed by atoms with E-state index < -0.39 is 0 Å². The van der Waals surface area contributed by atoms with Crippen LogP contribution in [0.5, 0.6) is 0 Å². The van der Waals surface area contributed by atoms with Crippen LogP contribution in [-0.4, -0.2) is 12.5 Å². The summed E-state index contributed by atoms with van der Waals surface area (Å²) >= 11 is 0. The first kappa shape index (κ1) is 17.1. The lowest BCUT2D eigenvalue weighted by Gasteiger charge is -2.16. The van der Waals surface area contributed by atoms with Crippen molar-refractivity contribution >= 4 is 16.7 Å². The van der Waals surface area contributed by atoms with E-state index in [1.807, 2.05) is 18.2 Å². The van der Waals surface area contributed by atoms with Crippen molar-refractivity contribution in [1.82, 2.24) is 10.6 Å². The summed E-state index contributed by atoms with van der Waals surface area (Å²) in [5, 5.41) is 8.48. The fraction of sp³-hybridized carbons (Fsp3) is 0.190. The van der Waals surface area contributed by atoms with Crippen LogP contribution < -0.4 is 10.6 Å². The zero-order valence-corrected chi connectivity index (χ0v) is 14.1. The van der Waals surface area contributed by atoms with Crippen molar-refractivity contribution in [1.29, 1.82) is 0 Å². The molecule has 3 rings (SSSR count). The molecule has 0 bridgehead atoms. The number of rotatable bonds is 6. The van der Waals surface area contributed by atoms with Gasteiger partial charge in [-0.15, -0.1) is 0 Å². The summed E-state index contributed by atoms with van der Waals surface area (Å²) in [5.41, 5.74) is 2.04. The lowest BCUT2D eigenvalue weighted by molar-refractivity contribution is -0.120. The lowest BCUT2D eigenvalue weighted by Crippen LogP contribution is -2.34. The third kappa shape index (κ3) is 4.43. The van der Waals surface area contributed by atoms with Crippen LogP contribution in [0, 0.1) is 5.82 Å². The van der Waals surface area contributed by atoms with Gasteiger partial charge in [-0.2, -0.15) is 0 Å². The van der Waals surface area contributed by atoms with Gasteiger partial charge < -0.3 is 10.6 Å². The van der Waals surface area contributed by atoms with Crippen molar-refractivity contribution in [2.45, 2.75) is 19.5 Å². The standard InChI is InChI=1S/C21H21FN2O/c1-15(19-8-4-6-17-5-2-3-7-20(17)19)23-14-21(25)24-13-16-9-11-18(22)12-10-16/h2-12,15,23H,13-14H2,1H3,(H,24,25)/t15-/m1/s1. The van der Waals surface area contributed by atoms with Crippen LogP contribution in [0.3, 0.4) is 0 Å². The number of amides is 1. The van der Waals surface area contributed by atoms with Gasteiger partial charge in [-0.25, -0.2) is 4.39 Å². The van der Waals surface area contributed by atoms with E-state index in [9.17, 15) is 9.18 Å². The number of fused-ring (bicyclic) bond motifs is 1. The monoisotopic (exact) mass is 336 g/mol. The zero-order chi connectivity index (χ0) is 17.6. The van der Waals surface area contributed by atoms with Gasteiger partial charge in [-0.3, -0.25) is 4.79 Å². The molecule has 0 aliphatic heterocycles. The minimum absolute atomic E-state index is 0.0580. The molecule has 0 heterocycles. The summed E-state index contributed by atoms with van der Waals surface area (Å²) in [4.78, 5) is 12.0. The zero-order valence-electron chi connectivity index (χ0n) is 14.1. The number of carbonyl (C=O) groups is 1. The molecule has 1 amide bonds. The fourth-order valence-electron chi connectivity index (χ4n) is 2.85. The highest BCUT2D eigenvalue weighted by molar-refractivity contribution is 5.86. The number of nitrogens with one attached hydrogen (secondary N) is 2. The van der Waals surface area contributed by atoms with Gasteiger partial charge >= 0.3 is 0 Å². The van der Waals surface area contributed by atoms with E-state index >= 15 is 0 Å². The molecule has 3 aromatic carbocycles. The normalized spacial score (nSPS) is 12.1. The predicted octanol–water partition coefficient (Wildman–Crippen LogP) is 3.95. The van der Waals surface area contributed by atoms with E-state index in [4.69, 9.17) is 0 Å². The van der Waals surface area contributed by atoms with Crippen LogP contribution in [-0.2, 0) is 11.3 Å². The number of hydrogen-bond acceptors (Lipinski definition) is 2. The van der Waals surface area contributed by atoms with Crippen LogP contribution >= 0.6 is 0 Å². The third-order valence-corrected chi connectivity index (χ3v) is 4.26. The maximum atomic E-state index is 12.9. The van der Waals surface area contributed by atoms with Crippen molar-refractivity contribution in [3.05, 3.63) is 83.7 Å². The molecule has 0 fully saturated rings. The number of hydrogen-bond donors (Lipinski definition) is 2. The van der Waals surface area contributed by atoms with Crippen LogP contribution in [0.15, 0.2) is 66.7 Å². The van der Waals surface area contributed by atoms with Crippen molar-refractivity contribution < 1.29 is 9.18 Å². The Hall–Kier alpha value is -2.72. The van der Waals surface area contributed by atoms with Crippen LogP contribution in [0.25, 0.3) is 10.8 Å². The van der Waals surface area contributed by atoms with Gasteiger partial charge in [-0.05, 0) is 41.0 Å². The Morgan fingerprint density at radius 3 is 2.52 bits per heavy atom. The molecule has 0 radical (unpaired) electrons. The van der Waals surface area contributed by atoms with Crippen LogP contribution in [0.4, 0.5) is 4.39 Å². The Bertz CT molecular complexity index is 856. The second kappa shape index (κ2) is 7.90. The molecule has 0 aliphatic carbocycles. The Kier molecular flexibility index (Phi) is 5.41. The first-order valence-corrected chi connectivity index (χ1v) is 8.35. The molecule has 0 unspecified atom stereocenters. The number of benzene rings is 3. The van der Waals surface area contributed by atoms with Crippen LogP contribution in [0.2, 0.25) is 0 Å². The number of carbonyl (C=O) groups excluding carboxylic acids is 1. The first-order chi connectivity index (χ1) is 12.1. The molecule has 128 valence electrons. The van der Waals surface area contributed by atoms with Gasteiger partial charge in [-0.1, -0.05) is 54.6 Å². The maximum Gasteiger partial charge on any atom is 0.234 e. The highest BCUT2D eigenvalue weighted by Gasteiger charge is 2.10. The minimum Gasteiger partial charge on any atom is -0.351 e. The fourth-order valence-corrected chi connectivity index (χ4v) is 2.85. The van der Waals surface area contributed by atoms with E-state index in [1.165, 1.54) is 28.5 Å². The van der Waals surface area contributed by atoms with E-state index in [2.05, 4.69) is 41.8 Å². The largest absolute Gasteiger partial charge is 0.351 e. The molecular formula is C21H21FN2O. The molecule has 0 aliphatic rings. The molecule has 1 atom stereocenters. The molecule has 0 aromatic heterocycles. The highest BCUT2D eigenvalue weighted by atomic mass is 19.1. The summed E-state index contributed by atoms with van der Waals surface area (Å²) in [7, 11) is 0. The van der Waals surface area contributed by atoms with E-state index in [-0.39, 0.29) is 24.3 Å². The molecule has 0 spiro atoms. The van der Waals surface area contributed by atoms with Crippen molar-refractivity contribution in [3.8, 4) is 0 Å². The quantitative estimate of drug-likeness (QED) is 0.716. The molecular weight excluding hydrogens is 315 g/mol. The molecule has 2 N–H and O–H groups in total. The number of halogens is 1. The summed E-state index contributed by atoms with van der Waals surface area (Å²) < 4.78 is 12.9. The highest BCUT2D eigenvalue weighted by Crippen LogP contribution is 2.23. The summed E-state index contributed by atoms with van der Waals surface area (Å²) in [6.45, 7) is 2.67. The van der Waals surface area contributed by atoms with Crippen molar-refractivity contribution in [3.63, 3.8) is 0 Å². The molecule has 25 heavy (non-hydrogen) atoms. The van der Waals surface area contributed by atoms with Crippen LogP contribution in [0.1, 0.15) is 24.1 Å². The molecule has 3 nitrogen and oxygen atoms in total. The van der Waals surface area contributed by atoms with Crippen molar-refractivity contribution in [2.24, 2.45) is 0 Å². The Morgan fingerprint density at radius 1 is 1.00 bits per heavy atom. The van der Waals surface area contributed by atoms with Gasteiger partial charge in [0.25, 0.3) is 0 Å². The predicted molar refractivity (Wildman–Crippen MR) is 98.6 cm³/mol. The third-order valence-electron chi connectivity index (χ3n) is 4.26. The average Bonchev–Trinajstić information content (AvgIpc) is 2.65. The lowest BCUT2D eigenvalue weighted by atomic mass is 10.00. The second-order valence-corrected chi connectivity index (χ2v) is 6.07. The minimum atomic E-state index is -0.277. The van der Waals surface area contributed by atoms with Gasteiger partial charge in [0.1, 0.15) is 5.82 Å². The molecule has 0 saturated carbocycles. The van der Waals surface area contributed by atoms with Crippen molar-refractivity contribution in [2.75, 3.05) is 6.54 Å². The Morgan fingerprint density at radius 2 is 1.72 bits per heavy atom. The summed E-state index contributed by atoms with van der Waals surface area (Å²) in [6.07, 6.45) is 0. The second-order valence-electron chi connectivity index (χ2n) is 6.07. The average molecular weight is 336 g/mol. The molecule has 0 saturated heterocycles. The molecule has 3 aromatic rings. The van der Waals surface area contributed by atoms with E-state index in [0.717, 1.165) is 5.56 Å². The maximum absolute atomic E-state index is 12.9. The van der Waals surface area contributed by atoms with E-state index in [0.29, 0.717) is 6.54 Å². The van der Waals surface area contributed by atoms with E-state index in [1.54, 1.807) is 12.1 Å². The van der Waals surface area contributed by atoms with Gasteiger partial charge in [0, 0.05) is 12.6 Å². The topological polar surface area (TPSA) is 41.1 Å². The Balaban J connectivity index is 1.55. The Labute approximate surface area is 146 Å². The van der Waals surface area contributed by atoms with Gasteiger partial charge in [0.2, 0.25) is 5.91 Å². The summed E-state index contributed by atoms with van der Waals surface area (Å²) in [5.74, 6) is -0.364. The first-order valence-electron chi connectivity index (χ1n) is 8.35. The van der Waals surface area contributed by atoms with Gasteiger partial charge in [0.15, 0.2) is 0 Å². The smallest absolute Gasteiger partial charge is 0.234 e. The SMILES string of the molecule is C[C@@H](NCC(=O)NCc1ccc(F)cc1)c1cccc2ccccc12. The molecule has 4 heteroatoms. The summed E-state index contributed by atoms with van der Waals surface area (Å²) in [6, 6.07) is 20.6.